The number of halogens is 5. The molecular weight excluding hydrogens is 368 g/mol. The standard InChI is InChI=1S/C15H7Cl2F3N2O2/c16-12-2-1-3-13(17)14(12)10(7-21)9-5-4-8(22(23)24)6-11(9)15(18,19)20/h1-6,10H. The fourth-order valence-corrected chi connectivity index (χ4v) is 2.85. The minimum atomic E-state index is -4.88. The van der Waals surface area contributed by atoms with Crippen molar-refractivity contribution in [2.45, 2.75) is 12.1 Å². The van der Waals surface area contributed by atoms with Crippen molar-refractivity contribution in [3.05, 3.63) is 73.2 Å². The van der Waals surface area contributed by atoms with Crippen LogP contribution in [0.25, 0.3) is 0 Å². The third-order valence-electron chi connectivity index (χ3n) is 3.28. The highest BCUT2D eigenvalue weighted by Gasteiger charge is 2.38. The van der Waals surface area contributed by atoms with Crippen LogP contribution in [0, 0.1) is 21.4 Å². The summed E-state index contributed by atoms with van der Waals surface area (Å²) in [5.74, 6) is -1.43. The van der Waals surface area contributed by atoms with Gasteiger partial charge in [0.15, 0.2) is 0 Å². The van der Waals surface area contributed by atoms with E-state index < -0.39 is 33.8 Å². The second kappa shape index (κ2) is 6.67. The molecule has 0 aromatic heterocycles. The number of rotatable bonds is 3. The fourth-order valence-electron chi connectivity index (χ4n) is 2.23. The van der Waals surface area contributed by atoms with Crippen molar-refractivity contribution < 1.29 is 18.1 Å². The van der Waals surface area contributed by atoms with Crippen LogP contribution in [0.4, 0.5) is 18.9 Å². The number of non-ortho nitro benzene ring substituents is 1. The molecule has 0 spiro atoms. The molecule has 1 unspecified atom stereocenters. The zero-order valence-corrected chi connectivity index (χ0v) is 13.2. The van der Waals surface area contributed by atoms with Crippen molar-refractivity contribution >= 4 is 28.9 Å². The van der Waals surface area contributed by atoms with Gasteiger partial charge in [-0.2, -0.15) is 18.4 Å². The van der Waals surface area contributed by atoms with Gasteiger partial charge >= 0.3 is 6.18 Å². The summed E-state index contributed by atoms with van der Waals surface area (Å²) in [4.78, 5) is 9.80. The first-order valence-electron chi connectivity index (χ1n) is 6.36. The summed E-state index contributed by atoms with van der Waals surface area (Å²) >= 11 is 12.0. The van der Waals surface area contributed by atoms with Gasteiger partial charge in [-0.25, -0.2) is 0 Å². The molecule has 2 aromatic rings. The van der Waals surface area contributed by atoms with E-state index in [1.807, 2.05) is 0 Å². The molecule has 124 valence electrons. The van der Waals surface area contributed by atoms with Gasteiger partial charge in [0.05, 0.1) is 22.5 Å². The van der Waals surface area contributed by atoms with Crippen LogP contribution in [0.5, 0.6) is 0 Å². The maximum atomic E-state index is 13.3. The molecule has 0 N–H and O–H groups in total. The molecule has 0 aliphatic rings. The Morgan fingerprint density at radius 1 is 1.17 bits per heavy atom. The number of nitrogens with zero attached hydrogens (tertiary/aromatic N) is 2. The Morgan fingerprint density at radius 2 is 1.75 bits per heavy atom. The topological polar surface area (TPSA) is 66.9 Å². The van der Waals surface area contributed by atoms with E-state index in [4.69, 9.17) is 23.2 Å². The Balaban J connectivity index is 2.74. The zero-order chi connectivity index (χ0) is 18.1. The molecule has 2 aromatic carbocycles. The lowest BCUT2D eigenvalue weighted by molar-refractivity contribution is -0.385. The highest BCUT2D eigenvalue weighted by Crippen LogP contribution is 2.42. The highest BCUT2D eigenvalue weighted by molar-refractivity contribution is 6.36. The average Bonchev–Trinajstić information content (AvgIpc) is 2.49. The van der Waals surface area contributed by atoms with Gasteiger partial charge in [-0.15, -0.1) is 0 Å². The number of alkyl halides is 3. The van der Waals surface area contributed by atoms with Crippen LogP contribution in [-0.2, 0) is 6.18 Å². The van der Waals surface area contributed by atoms with Crippen LogP contribution in [0.2, 0.25) is 10.0 Å². The van der Waals surface area contributed by atoms with Gasteiger partial charge in [-0.05, 0) is 23.8 Å². The van der Waals surface area contributed by atoms with E-state index in [1.54, 1.807) is 6.07 Å². The quantitative estimate of drug-likeness (QED) is 0.520. The van der Waals surface area contributed by atoms with Crippen molar-refractivity contribution in [3.63, 3.8) is 0 Å². The Kier molecular flexibility index (Phi) is 5.02. The van der Waals surface area contributed by atoms with Crippen LogP contribution in [0.15, 0.2) is 36.4 Å². The normalized spacial score (nSPS) is 12.5. The van der Waals surface area contributed by atoms with Gasteiger partial charge in [0, 0.05) is 27.7 Å². The van der Waals surface area contributed by atoms with E-state index in [2.05, 4.69) is 0 Å². The maximum Gasteiger partial charge on any atom is 0.416 e. The fraction of sp³-hybridized carbons (Fsp3) is 0.133. The molecule has 0 fully saturated rings. The smallest absolute Gasteiger partial charge is 0.258 e. The summed E-state index contributed by atoms with van der Waals surface area (Å²) < 4.78 is 39.9. The Hall–Kier alpha value is -2.30. The van der Waals surface area contributed by atoms with Crippen LogP contribution in [-0.4, -0.2) is 4.92 Å². The third kappa shape index (κ3) is 3.45. The van der Waals surface area contributed by atoms with E-state index in [1.165, 1.54) is 18.2 Å². The molecule has 0 aliphatic heterocycles. The molecule has 0 aliphatic carbocycles. The Bertz CT molecular complexity index is 827. The first-order valence-corrected chi connectivity index (χ1v) is 7.11. The average molecular weight is 375 g/mol. The lowest BCUT2D eigenvalue weighted by Crippen LogP contribution is -2.13. The van der Waals surface area contributed by atoms with Crippen LogP contribution in [0.3, 0.4) is 0 Å². The molecule has 0 bridgehead atoms. The van der Waals surface area contributed by atoms with Crippen LogP contribution >= 0.6 is 23.2 Å². The van der Waals surface area contributed by atoms with Crippen molar-refractivity contribution in [1.82, 2.24) is 0 Å². The van der Waals surface area contributed by atoms with Gasteiger partial charge in [0.2, 0.25) is 0 Å². The van der Waals surface area contributed by atoms with Crippen LogP contribution in [0.1, 0.15) is 22.6 Å². The summed E-state index contributed by atoms with van der Waals surface area (Å²) in [6.45, 7) is 0. The lowest BCUT2D eigenvalue weighted by atomic mass is 9.88. The number of nitriles is 1. The molecule has 1 atom stereocenters. The number of benzene rings is 2. The predicted molar refractivity (Wildman–Crippen MR) is 82.0 cm³/mol. The molecule has 0 heterocycles. The Labute approximate surface area is 144 Å². The predicted octanol–water partition coefficient (Wildman–Crippen LogP) is 5.58. The number of hydrogen-bond donors (Lipinski definition) is 0. The second-order valence-corrected chi connectivity index (χ2v) is 5.54. The summed E-state index contributed by atoms with van der Waals surface area (Å²) in [6.07, 6.45) is -4.88. The van der Waals surface area contributed by atoms with Crippen LogP contribution < -0.4 is 0 Å². The largest absolute Gasteiger partial charge is 0.416 e. The number of nitro groups is 1. The lowest BCUT2D eigenvalue weighted by Gasteiger charge is -2.18. The molecule has 0 amide bonds. The third-order valence-corrected chi connectivity index (χ3v) is 3.94. The SMILES string of the molecule is N#CC(c1ccc([N+](=O)[O-])cc1C(F)(F)F)c1c(Cl)cccc1Cl. The van der Waals surface area contributed by atoms with E-state index >= 15 is 0 Å². The molecule has 0 saturated carbocycles. The van der Waals surface area contributed by atoms with Crippen molar-refractivity contribution in [2.24, 2.45) is 0 Å². The molecule has 0 saturated heterocycles. The second-order valence-electron chi connectivity index (χ2n) is 4.72. The van der Waals surface area contributed by atoms with Gasteiger partial charge in [0.1, 0.15) is 0 Å². The van der Waals surface area contributed by atoms with E-state index in [9.17, 15) is 28.5 Å². The highest BCUT2D eigenvalue weighted by atomic mass is 35.5. The number of nitro benzene ring substituents is 1. The summed E-state index contributed by atoms with van der Waals surface area (Å²) in [5, 5.41) is 20.2. The van der Waals surface area contributed by atoms with Gasteiger partial charge in [-0.3, -0.25) is 10.1 Å². The summed E-state index contributed by atoms with van der Waals surface area (Å²) in [7, 11) is 0. The zero-order valence-electron chi connectivity index (χ0n) is 11.6. The monoisotopic (exact) mass is 374 g/mol. The van der Waals surface area contributed by atoms with Crippen molar-refractivity contribution in [2.75, 3.05) is 0 Å². The summed E-state index contributed by atoms with van der Waals surface area (Å²) in [6, 6.07) is 8.21. The molecule has 4 nitrogen and oxygen atoms in total. The van der Waals surface area contributed by atoms with E-state index in [0.29, 0.717) is 6.07 Å². The maximum absolute atomic E-state index is 13.3. The molecule has 0 radical (unpaired) electrons. The minimum Gasteiger partial charge on any atom is -0.258 e. The molecule has 24 heavy (non-hydrogen) atoms. The molecule has 9 heteroatoms. The van der Waals surface area contributed by atoms with Crippen molar-refractivity contribution in [3.8, 4) is 6.07 Å². The van der Waals surface area contributed by atoms with E-state index in [0.717, 1.165) is 12.1 Å². The van der Waals surface area contributed by atoms with E-state index in [-0.39, 0.29) is 15.6 Å². The summed E-state index contributed by atoms with van der Waals surface area (Å²) in [5.41, 5.74) is -2.44. The molecular formula is C15H7Cl2F3N2O2. The van der Waals surface area contributed by atoms with Gasteiger partial charge in [-0.1, -0.05) is 29.3 Å². The number of hydrogen-bond acceptors (Lipinski definition) is 3. The van der Waals surface area contributed by atoms with Crippen molar-refractivity contribution in [1.29, 1.82) is 5.26 Å². The minimum absolute atomic E-state index is 0.0164. The van der Waals surface area contributed by atoms with Gasteiger partial charge in [0.25, 0.3) is 5.69 Å². The molecule has 2 rings (SSSR count). The van der Waals surface area contributed by atoms with Gasteiger partial charge < -0.3 is 0 Å². The first kappa shape index (κ1) is 18.0. The first-order chi connectivity index (χ1) is 11.2. The Morgan fingerprint density at radius 3 is 2.21 bits per heavy atom.